The Morgan fingerprint density at radius 2 is 2.24 bits per heavy atom. The molecule has 0 radical (unpaired) electrons. The molecular weight excluding hydrogens is 274 g/mol. The second kappa shape index (κ2) is 5.72. The zero-order chi connectivity index (χ0) is 14.9. The van der Waals surface area contributed by atoms with Gasteiger partial charge in [0.25, 0.3) is 6.43 Å². The van der Waals surface area contributed by atoms with Gasteiger partial charge in [-0.1, -0.05) is 25.0 Å². The molecule has 21 heavy (non-hydrogen) atoms. The Morgan fingerprint density at radius 1 is 1.38 bits per heavy atom. The van der Waals surface area contributed by atoms with Gasteiger partial charge in [-0.3, -0.25) is 4.79 Å². The minimum Gasteiger partial charge on any atom is -0.326 e. The molecule has 2 N–H and O–H groups in total. The zero-order valence-corrected chi connectivity index (χ0v) is 11.9. The molecule has 1 aliphatic carbocycles. The number of benzene rings is 1. The van der Waals surface area contributed by atoms with Crippen LogP contribution in [0, 0.1) is 11.3 Å². The predicted octanol–water partition coefficient (Wildman–Crippen LogP) is 3.34. The van der Waals surface area contributed by atoms with Crippen molar-refractivity contribution < 1.29 is 13.6 Å². The van der Waals surface area contributed by atoms with E-state index in [1.165, 1.54) is 18.6 Å². The van der Waals surface area contributed by atoms with Gasteiger partial charge in [-0.25, -0.2) is 8.78 Å². The molecule has 2 atom stereocenters. The second-order valence-electron chi connectivity index (χ2n) is 6.11. The highest BCUT2D eigenvalue weighted by Gasteiger charge is 2.49. The Hall–Kier alpha value is -1.49. The molecule has 0 bridgehead atoms. The van der Waals surface area contributed by atoms with E-state index in [2.05, 4.69) is 10.6 Å². The second-order valence-corrected chi connectivity index (χ2v) is 6.11. The monoisotopic (exact) mass is 294 g/mol. The summed E-state index contributed by atoms with van der Waals surface area (Å²) in [6, 6.07) is 5.96. The Kier molecular flexibility index (Phi) is 3.93. The van der Waals surface area contributed by atoms with Crippen LogP contribution in [0.25, 0.3) is 0 Å². The van der Waals surface area contributed by atoms with E-state index in [-0.39, 0.29) is 16.9 Å². The molecule has 1 aliphatic heterocycles. The maximum atomic E-state index is 12.7. The lowest BCUT2D eigenvalue weighted by Gasteiger charge is -2.37. The fourth-order valence-corrected chi connectivity index (χ4v) is 3.70. The van der Waals surface area contributed by atoms with Crippen molar-refractivity contribution in [3.05, 3.63) is 29.8 Å². The van der Waals surface area contributed by atoms with Crippen molar-refractivity contribution in [3.8, 4) is 0 Å². The van der Waals surface area contributed by atoms with Crippen molar-refractivity contribution >= 4 is 11.6 Å². The first kappa shape index (κ1) is 14.4. The number of hydrogen-bond donors (Lipinski definition) is 2. The molecular formula is C16H20F2N2O. The number of anilines is 1. The van der Waals surface area contributed by atoms with Crippen LogP contribution in [0.4, 0.5) is 14.5 Å². The van der Waals surface area contributed by atoms with Crippen LogP contribution in [-0.2, 0) is 4.79 Å². The van der Waals surface area contributed by atoms with E-state index in [4.69, 9.17) is 0 Å². The van der Waals surface area contributed by atoms with E-state index in [0.29, 0.717) is 18.2 Å². The van der Waals surface area contributed by atoms with Crippen LogP contribution < -0.4 is 10.6 Å². The first-order valence-corrected chi connectivity index (χ1v) is 7.52. The number of rotatable bonds is 3. The highest BCUT2D eigenvalue weighted by Crippen LogP contribution is 2.44. The topological polar surface area (TPSA) is 41.1 Å². The van der Waals surface area contributed by atoms with E-state index in [1.54, 1.807) is 12.1 Å². The summed E-state index contributed by atoms with van der Waals surface area (Å²) in [5.41, 5.74) is 0.0393. The fraction of sp³-hybridized carbons (Fsp3) is 0.562. The number of amides is 1. The van der Waals surface area contributed by atoms with Crippen LogP contribution in [0.15, 0.2) is 24.3 Å². The molecule has 5 heteroatoms. The summed E-state index contributed by atoms with van der Waals surface area (Å²) in [7, 11) is 0. The number of fused-ring (bicyclic) bond motifs is 1. The summed E-state index contributed by atoms with van der Waals surface area (Å²) in [5.74, 6) is 0.341. The van der Waals surface area contributed by atoms with Gasteiger partial charge in [0.2, 0.25) is 5.91 Å². The number of alkyl halides is 2. The van der Waals surface area contributed by atoms with Crippen molar-refractivity contribution in [1.29, 1.82) is 0 Å². The van der Waals surface area contributed by atoms with Gasteiger partial charge in [0.05, 0.1) is 5.41 Å². The lowest BCUT2D eigenvalue weighted by Crippen LogP contribution is -2.44. The van der Waals surface area contributed by atoms with Crippen LogP contribution in [0.3, 0.4) is 0 Å². The Morgan fingerprint density at radius 3 is 3.05 bits per heavy atom. The molecule has 0 spiro atoms. The minimum atomic E-state index is -2.52. The van der Waals surface area contributed by atoms with Crippen molar-refractivity contribution in [2.75, 3.05) is 18.4 Å². The Bertz CT molecular complexity index is 535. The molecule has 1 aromatic carbocycles. The maximum absolute atomic E-state index is 12.7. The molecule has 1 saturated carbocycles. The smallest absolute Gasteiger partial charge is 0.263 e. The number of hydrogen-bond acceptors (Lipinski definition) is 2. The maximum Gasteiger partial charge on any atom is 0.263 e. The van der Waals surface area contributed by atoms with Gasteiger partial charge in [0.15, 0.2) is 0 Å². The minimum absolute atomic E-state index is 0.0244. The van der Waals surface area contributed by atoms with E-state index < -0.39 is 6.43 Å². The number of carbonyl (C=O) groups excluding carboxylic acids is 1. The summed E-state index contributed by atoms with van der Waals surface area (Å²) in [6.07, 6.45) is 1.66. The third kappa shape index (κ3) is 2.67. The molecule has 3 nitrogen and oxygen atoms in total. The molecule has 2 aliphatic rings. The van der Waals surface area contributed by atoms with Gasteiger partial charge in [-0.05, 0) is 37.4 Å². The fourth-order valence-electron chi connectivity index (χ4n) is 3.70. The van der Waals surface area contributed by atoms with Gasteiger partial charge in [-0.15, -0.1) is 0 Å². The molecule has 1 amide bonds. The van der Waals surface area contributed by atoms with Crippen molar-refractivity contribution in [3.63, 3.8) is 0 Å². The summed E-state index contributed by atoms with van der Waals surface area (Å²) in [4.78, 5) is 12.7. The van der Waals surface area contributed by atoms with E-state index in [9.17, 15) is 13.6 Å². The Balaban J connectivity index is 1.78. The quantitative estimate of drug-likeness (QED) is 0.897. The SMILES string of the molecule is O=C(Nc1cccc(C(F)F)c1)[C@@]12CCCC[C@H]1CNC2. The van der Waals surface area contributed by atoms with Gasteiger partial charge < -0.3 is 10.6 Å². The highest BCUT2D eigenvalue weighted by atomic mass is 19.3. The van der Waals surface area contributed by atoms with Crippen LogP contribution >= 0.6 is 0 Å². The van der Waals surface area contributed by atoms with Gasteiger partial charge in [0, 0.05) is 17.8 Å². The lowest BCUT2D eigenvalue weighted by molar-refractivity contribution is -0.128. The first-order chi connectivity index (χ1) is 10.1. The van der Waals surface area contributed by atoms with Crippen LogP contribution in [0.2, 0.25) is 0 Å². The Labute approximate surface area is 123 Å². The first-order valence-electron chi connectivity index (χ1n) is 7.52. The third-order valence-electron chi connectivity index (χ3n) is 4.89. The van der Waals surface area contributed by atoms with E-state index >= 15 is 0 Å². The molecule has 1 heterocycles. The van der Waals surface area contributed by atoms with Crippen LogP contribution in [-0.4, -0.2) is 19.0 Å². The molecule has 3 rings (SSSR count). The van der Waals surface area contributed by atoms with Gasteiger partial charge in [0.1, 0.15) is 0 Å². The van der Waals surface area contributed by atoms with Gasteiger partial charge in [-0.2, -0.15) is 0 Å². The van der Waals surface area contributed by atoms with Crippen LogP contribution in [0.5, 0.6) is 0 Å². The molecule has 1 aromatic rings. The van der Waals surface area contributed by atoms with Gasteiger partial charge >= 0.3 is 0 Å². The van der Waals surface area contributed by atoms with Crippen molar-refractivity contribution in [2.24, 2.45) is 11.3 Å². The third-order valence-corrected chi connectivity index (χ3v) is 4.89. The summed E-state index contributed by atoms with van der Waals surface area (Å²) in [5, 5.41) is 6.18. The summed E-state index contributed by atoms with van der Waals surface area (Å²) >= 11 is 0. The number of nitrogens with one attached hydrogen (secondary N) is 2. The van der Waals surface area contributed by atoms with E-state index in [0.717, 1.165) is 25.8 Å². The zero-order valence-electron chi connectivity index (χ0n) is 11.9. The molecule has 0 aromatic heterocycles. The molecule has 1 saturated heterocycles. The average molecular weight is 294 g/mol. The number of carbonyl (C=O) groups is 1. The molecule has 2 fully saturated rings. The van der Waals surface area contributed by atoms with Crippen LogP contribution in [0.1, 0.15) is 37.7 Å². The standard InChI is InChI=1S/C16H20F2N2O/c17-14(18)11-4-3-6-13(8-11)20-15(21)16-7-2-1-5-12(16)9-19-10-16/h3-4,6,8,12,14,19H,1-2,5,7,9-10H2,(H,20,21)/t12-,16+/m0/s1. The lowest BCUT2D eigenvalue weighted by atomic mass is 9.67. The summed E-state index contributed by atoms with van der Waals surface area (Å²) < 4.78 is 25.5. The predicted molar refractivity (Wildman–Crippen MR) is 77.3 cm³/mol. The van der Waals surface area contributed by atoms with E-state index in [1.807, 2.05) is 0 Å². The highest BCUT2D eigenvalue weighted by molar-refractivity contribution is 5.96. The average Bonchev–Trinajstić information content (AvgIpc) is 2.92. The van der Waals surface area contributed by atoms with Crippen molar-refractivity contribution in [1.82, 2.24) is 5.32 Å². The molecule has 0 unspecified atom stereocenters. The largest absolute Gasteiger partial charge is 0.326 e. The number of halogens is 2. The van der Waals surface area contributed by atoms with Crippen molar-refractivity contribution in [2.45, 2.75) is 32.1 Å². The normalized spacial score (nSPS) is 28.4. The molecule has 114 valence electrons. The summed E-state index contributed by atoms with van der Waals surface area (Å²) in [6.45, 7) is 1.57.